The van der Waals surface area contributed by atoms with Crippen LogP contribution < -0.4 is 0 Å². The molecule has 2 heteroatoms. The van der Waals surface area contributed by atoms with Gasteiger partial charge < -0.3 is 5.11 Å². The van der Waals surface area contributed by atoms with Crippen LogP contribution in [0, 0.1) is 16.7 Å². The Morgan fingerprint density at radius 2 is 2.00 bits per heavy atom. The maximum atomic E-state index is 11.6. The van der Waals surface area contributed by atoms with Crippen molar-refractivity contribution in [3.8, 4) is 0 Å². The first-order valence-corrected chi connectivity index (χ1v) is 4.62. The monoisotopic (exact) mass is 168 g/mol. The molecule has 0 aliphatic heterocycles. The molecule has 2 fully saturated rings. The fourth-order valence-electron chi connectivity index (χ4n) is 2.97. The number of aliphatic hydroxyl groups excluding tert-OH is 1. The molecule has 2 aliphatic rings. The van der Waals surface area contributed by atoms with Crippen molar-refractivity contribution in [3.05, 3.63) is 0 Å². The summed E-state index contributed by atoms with van der Waals surface area (Å²) in [5, 5.41) is 9.76. The molecule has 0 amide bonds. The molecule has 2 aliphatic carbocycles. The Hall–Kier alpha value is -0.370. The topological polar surface area (TPSA) is 37.3 Å². The lowest BCUT2D eigenvalue weighted by Crippen LogP contribution is -2.41. The average molecular weight is 168 g/mol. The zero-order valence-electron chi connectivity index (χ0n) is 7.92. The van der Waals surface area contributed by atoms with Crippen LogP contribution in [0.25, 0.3) is 0 Å². The van der Waals surface area contributed by atoms with Crippen LogP contribution in [0.3, 0.4) is 0 Å². The summed E-state index contributed by atoms with van der Waals surface area (Å²) in [5.74, 6) is 0.668. The first kappa shape index (κ1) is 8.24. The molecule has 0 aromatic carbocycles. The number of hydrogen-bond donors (Lipinski definition) is 1. The van der Waals surface area contributed by atoms with Crippen LogP contribution >= 0.6 is 0 Å². The molecule has 0 aromatic rings. The summed E-state index contributed by atoms with van der Waals surface area (Å²) in [6.07, 6.45) is 1.09. The van der Waals surface area contributed by atoms with Crippen LogP contribution in [0.2, 0.25) is 0 Å². The standard InChI is InChI=1S/C10H16O2/c1-9(2)6-4-7(11)10(9,3)8(12)5-6/h6-7,11H,4-5H2,1-3H3/t6-,7+,10+/m1/s1. The lowest BCUT2D eigenvalue weighted by atomic mass is 9.69. The van der Waals surface area contributed by atoms with E-state index in [-0.39, 0.29) is 11.2 Å². The molecule has 0 radical (unpaired) electrons. The molecular weight excluding hydrogens is 152 g/mol. The summed E-state index contributed by atoms with van der Waals surface area (Å²) in [7, 11) is 0. The fraction of sp³-hybridized carbons (Fsp3) is 0.900. The van der Waals surface area contributed by atoms with E-state index in [1.54, 1.807) is 0 Å². The van der Waals surface area contributed by atoms with Crippen molar-refractivity contribution >= 4 is 5.78 Å². The molecule has 0 aromatic heterocycles. The minimum absolute atomic E-state index is 0.00347. The van der Waals surface area contributed by atoms with Gasteiger partial charge in [0.1, 0.15) is 5.78 Å². The molecule has 68 valence electrons. The van der Waals surface area contributed by atoms with Crippen molar-refractivity contribution in [3.63, 3.8) is 0 Å². The highest BCUT2D eigenvalue weighted by Gasteiger charge is 2.66. The number of Topliss-reactive ketones (excluding diaryl/α,β-unsaturated/α-hetero) is 1. The second kappa shape index (κ2) is 1.92. The minimum Gasteiger partial charge on any atom is -0.392 e. The smallest absolute Gasteiger partial charge is 0.142 e. The van der Waals surface area contributed by atoms with Gasteiger partial charge in [0.2, 0.25) is 0 Å². The van der Waals surface area contributed by atoms with Crippen LogP contribution in [0.1, 0.15) is 33.6 Å². The number of hydrogen-bond acceptors (Lipinski definition) is 2. The fourth-order valence-corrected chi connectivity index (χ4v) is 2.97. The Morgan fingerprint density at radius 3 is 2.25 bits per heavy atom. The van der Waals surface area contributed by atoms with Crippen molar-refractivity contribution < 1.29 is 9.90 Å². The molecule has 0 saturated heterocycles. The van der Waals surface area contributed by atoms with Gasteiger partial charge in [-0.05, 0) is 24.7 Å². The third kappa shape index (κ3) is 0.598. The Balaban J connectivity index is 2.51. The number of fused-ring (bicyclic) bond motifs is 2. The van der Waals surface area contributed by atoms with E-state index in [4.69, 9.17) is 0 Å². The summed E-state index contributed by atoms with van der Waals surface area (Å²) >= 11 is 0. The first-order valence-electron chi connectivity index (χ1n) is 4.62. The van der Waals surface area contributed by atoms with Crippen LogP contribution in [0.5, 0.6) is 0 Å². The van der Waals surface area contributed by atoms with Gasteiger partial charge in [-0.3, -0.25) is 4.79 Å². The maximum absolute atomic E-state index is 11.6. The van der Waals surface area contributed by atoms with E-state index in [0.717, 1.165) is 6.42 Å². The Morgan fingerprint density at radius 1 is 1.42 bits per heavy atom. The second-order valence-corrected chi connectivity index (χ2v) is 5.00. The molecule has 0 heterocycles. The molecular formula is C10H16O2. The van der Waals surface area contributed by atoms with Crippen molar-refractivity contribution in [1.29, 1.82) is 0 Å². The molecule has 2 rings (SSSR count). The van der Waals surface area contributed by atoms with Gasteiger partial charge in [-0.2, -0.15) is 0 Å². The largest absolute Gasteiger partial charge is 0.392 e. The summed E-state index contributed by atoms with van der Waals surface area (Å²) in [4.78, 5) is 11.6. The van der Waals surface area contributed by atoms with E-state index >= 15 is 0 Å². The Bertz CT molecular complexity index is 244. The number of aliphatic hydroxyl groups is 1. The summed E-state index contributed by atoms with van der Waals surface area (Å²) in [6.45, 7) is 6.14. The van der Waals surface area contributed by atoms with Crippen LogP contribution in [-0.2, 0) is 4.79 Å². The molecule has 2 saturated carbocycles. The van der Waals surface area contributed by atoms with Gasteiger partial charge in [-0.1, -0.05) is 13.8 Å². The normalized spacial score (nSPS) is 50.2. The molecule has 0 spiro atoms. The van der Waals surface area contributed by atoms with Crippen molar-refractivity contribution in [2.45, 2.75) is 39.7 Å². The van der Waals surface area contributed by atoms with E-state index < -0.39 is 11.5 Å². The molecule has 2 nitrogen and oxygen atoms in total. The van der Waals surface area contributed by atoms with E-state index in [1.807, 2.05) is 6.92 Å². The quantitative estimate of drug-likeness (QED) is 0.593. The molecule has 12 heavy (non-hydrogen) atoms. The van der Waals surface area contributed by atoms with Gasteiger partial charge in [0.05, 0.1) is 11.5 Å². The van der Waals surface area contributed by atoms with Gasteiger partial charge in [0.15, 0.2) is 0 Å². The van der Waals surface area contributed by atoms with E-state index in [0.29, 0.717) is 12.3 Å². The summed E-state index contributed by atoms with van der Waals surface area (Å²) < 4.78 is 0. The first-order chi connectivity index (χ1) is 5.40. The second-order valence-electron chi connectivity index (χ2n) is 5.00. The zero-order chi connectivity index (χ0) is 9.15. The molecule has 3 atom stereocenters. The van der Waals surface area contributed by atoms with Crippen molar-refractivity contribution in [2.24, 2.45) is 16.7 Å². The number of ketones is 1. The SMILES string of the molecule is CC1(C)[C@H]2CC(=O)[C@]1(C)[C@@H](O)C2. The highest BCUT2D eigenvalue weighted by atomic mass is 16.3. The van der Waals surface area contributed by atoms with Gasteiger partial charge in [-0.15, -0.1) is 0 Å². The lowest BCUT2D eigenvalue weighted by molar-refractivity contribution is -0.135. The number of carbonyl (C=O) groups is 1. The minimum atomic E-state index is -0.461. The predicted octanol–water partition coefficient (Wildman–Crippen LogP) is 1.37. The number of rotatable bonds is 0. The third-order valence-corrected chi connectivity index (χ3v) is 4.54. The zero-order valence-corrected chi connectivity index (χ0v) is 7.92. The molecule has 2 bridgehead atoms. The molecule has 0 unspecified atom stereocenters. The predicted molar refractivity (Wildman–Crippen MR) is 45.6 cm³/mol. The lowest BCUT2D eigenvalue weighted by Gasteiger charge is -2.34. The highest BCUT2D eigenvalue weighted by Crippen LogP contribution is 2.63. The summed E-state index contributed by atoms with van der Waals surface area (Å²) in [5.41, 5.74) is -0.457. The van der Waals surface area contributed by atoms with Gasteiger partial charge >= 0.3 is 0 Å². The van der Waals surface area contributed by atoms with E-state index in [2.05, 4.69) is 13.8 Å². The Labute approximate surface area is 73.0 Å². The van der Waals surface area contributed by atoms with Gasteiger partial charge in [-0.25, -0.2) is 0 Å². The number of carbonyl (C=O) groups excluding carboxylic acids is 1. The Kier molecular flexibility index (Phi) is 1.32. The summed E-state index contributed by atoms with van der Waals surface area (Å²) in [6, 6.07) is 0. The molecule has 1 N–H and O–H groups in total. The van der Waals surface area contributed by atoms with Crippen molar-refractivity contribution in [1.82, 2.24) is 0 Å². The van der Waals surface area contributed by atoms with Crippen LogP contribution in [0.4, 0.5) is 0 Å². The highest BCUT2D eigenvalue weighted by molar-refractivity contribution is 5.90. The van der Waals surface area contributed by atoms with Crippen LogP contribution in [-0.4, -0.2) is 17.0 Å². The van der Waals surface area contributed by atoms with Crippen LogP contribution in [0.15, 0.2) is 0 Å². The van der Waals surface area contributed by atoms with Gasteiger partial charge in [0, 0.05) is 6.42 Å². The van der Waals surface area contributed by atoms with E-state index in [1.165, 1.54) is 0 Å². The average Bonchev–Trinajstić information content (AvgIpc) is 2.20. The maximum Gasteiger partial charge on any atom is 0.142 e. The third-order valence-electron chi connectivity index (χ3n) is 4.54. The van der Waals surface area contributed by atoms with Gasteiger partial charge in [0.25, 0.3) is 0 Å². The van der Waals surface area contributed by atoms with Crippen molar-refractivity contribution in [2.75, 3.05) is 0 Å². The van der Waals surface area contributed by atoms with E-state index in [9.17, 15) is 9.90 Å².